The Labute approximate surface area is 146 Å². The van der Waals surface area contributed by atoms with Crippen LogP contribution in [0.25, 0.3) is 0 Å². The Morgan fingerprint density at radius 1 is 0.708 bits per heavy atom. The molecule has 0 bridgehead atoms. The third-order valence-corrected chi connectivity index (χ3v) is 4.91. The quantitative estimate of drug-likeness (QED) is 0.307. The number of hydrogen-bond donors (Lipinski definition) is 4. The van der Waals surface area contributed by atoms with Crippen molar-refractivity contribution in [3.63, 3.8) is 0 Å². The van der Waals surface area contributed by atoms with Crippen molar-refractivity contribution in [2.75, 3.05) is 13.2 Å². The molecule has 0 radical (unpaired) electrons. The Hall–Kier alpha value is -0.680. The number of aliphatic hydroxyl groups is 4. The van der Waals surface area contributed by atoms with Crippen LogP contribution in [-0.2, 0) is 0 Å². The Kier molecular flexibility index (Phi) is 12.1. The van der Waals surface area contributed by atoms with E-state index in [4.69, 9.17) is 10.2 Å². The van der Waals surface area contributed by atoms with E-state index in [1.165, 1.54) is 0 Å². The molecule has 0 amide bonds. The molecule has 1 fully saturated rings. The van der Waals surface area contributed by atoms with Crippen LogP contribution in [0.4, 0.5) is 0 Å². The molecule has 0 aromatic rings. The lowest BCUT2D eigenvalue weighted by molar-refractivity contribution is 0.120. The van der Waals surface area contributed by atoms with Gasteiger partial charge >= 0.3 is 0 Å². The van der Waals surface area contributed by atoms with Gasteiger partial charge in [-0.3, -0.25) is 0 Å². The van der Waals surface area contributed by atoms with E-state index in [0.717, 1.165) is 57.8 Å². The van der Waals surface area contributed by atoms with Gasteiger partial charge in [0.15, 0.2) is 0 Å². The van der Waals surface area contributed by atoms with Crippen LogP contribution in [0.3, 0.4) is 0 Å². The summed E-state index contributed by atoms with van der Waals surface area (Å²) < 4.78 is 0. The summed E-state index contributed by atoms with van der Waals surface area (Å²) in [6.07, 6.45) is 16.8. The molecule has 1 unspecified atom stereocenters. The summed E-state index contributed by atoms with van der Waals surface area (Å²) in [7, 11) is 0. The molecule has 24 heavy (non-hydrogen) atoms. The van der Waals surface area contributed by atoms with Crippen molar-refractivity contribution in [1.29, 1.82) is 0 Å². The first-order chi connectivity index (χ1) is 11.7. The smallest absolute Gasteiger partial charge is 0.0631 e. The summed E-state index contributed by atoms with van der Waals surface area (Å²) in [5, 5.41) is 37.9. The Balaban J connectivity index is 2.33. The molecule has 1 aliphatic carbocycles. The first-order valence-electron chi connectivity index (χ1n) is 9.60. The minimum Gasteiger partial charge on any atom is -0.396 e. The van der Waals surface area contributed by atoms with E-state index in [1.807, 2.05) is 0 Å². The van der Waals surface area contributed by atoms with E-state index in [9.17, 15) is 10.2 Å². The normalized spacial score (nSPS) is 27.7. The van der Waals surface area contributed by atoms with Gasteiger partial charge in [-0.25, -0.2) is 0 Å². The van der Waals surface area contributed by atoms with E-state index in [2.05, 4.69) is 24.3 Å². The van der Waals surface area contributed by atoms with E-state index in [-0.39, 0.29) is 25.0 Å². The molecule has 4 N–H and O–H groups in total. The number of hydrogen-bond acceptors (Lipinski definition) is 4. The maximum absolute atomic E-state index is 10.2. The van der Waals surface area contributed by atoms with Gasteiger partial charge in [0.25, 0.3) is 0 Å². The zero-order chi connectivity index (χ0) is 17.6. The summed E-state index contributed by atoms with van der Waals surface area (Å²) in [6, 6.07) is 0. The first-order valence-corrected chi connectivity index (χ1v) is 9.60. The van der Waals surface area contributed by atoms with E-state index >= 15 is 0 Å². The molecule has 140 valence electrons. The summed E-state index contributed by atoms with van der Waals surface area (Å²) in [6.45, 7) is 0.519. The summed E-state index contributed by atoms with van der Waals surface area (Å²) in [5.41, 5.74) is 0. The molecule has 0 spiro atoms. The average Bonchev–Trinajstić information content (AvgIpc) is 2.83. The Morgan fingerprint density at radius 3 is 2.08 bits per heavy atom. The van der Waals surface area contributed by atoms with Crippen LogP contribution in [0.2, 0.25) is 0 Å². The number of unbranched alkanes of at least 4 members (excludes halogenated alkanes) is 6. The van der Waals surface area contributed by atoms with E-state index < -0.39 is 12.2 Å². The largest absolute Gasteiger partial charge is 0.396 e. The lowest BCUT2D eigenvalue weighted by Gasteiger charge is -2.19. The second-order valence-electron chi connectivity index (χ2n) is 6.89. The zero-order valence-electron chi connectivity index (χ0n) is 14.9. The SMILES string of the molecule is OCCCC/C=C\CC1[C@H](O)C[C@H](O)[C@H]1/C=C/CCCCCCO. The highest BCUT2D eigenvalue weighted by Crippen LogP contribution is 2.36. The van der Waals surface area contributed by atoms with Crippen LogP contribution in [0, 0.1) is 11.8 Å². The van der Waals surface area contributed by atoms with Crippen molar-refractivity contribution < 1.29 is 20.4 Å². The monoisotopic (exact) mass is 340 g/mol. The first kappa shape index (κ1) is 21.4. The fourth-order valence-electron chi connectivity index (χ4n) is 3.43. The van der Waals surface area contributed by atoms with Crippen LogP contribution in [0.15, 0.2) is 24.3 Å². The second-order valence-corrected chi connectivity index (χ2v) is 6.89. The molecular formula is C20H36O4. The third kappa shape index (κ3) is 8.43. The molecule has 1 saturated carbocycles. The van der Waals surface area contributed by atoms with Gasteiger partial charge in [0, 0.05) is 25.6 Å². The molecule has 0 saturated heterocycles. The topological polar surface area (TPSA) is 80.9 Å². The van der Waals surface area contributed by atoms with Crippen molar-refractivity contribution in [1.82, 2.24) is 0 Å². The predicted molar refractivity (Wildman–Crippen MR) is 97.6 cm³/mol. The van der Waals surface area contributed by atoms with Gasteiger partial charge in [-0.05, 0) is 50.9 Å². The summed E-state index contributed by atoms with van der Waals surface area (Å²) in [5.74, 6) is 0.138. The molecule has 0 aromatic carbocycles. The molecule has 1 rings (SSSR count). The minimum atomic E-state index is -0.446. The molecule has 1 aliphatic rings. The lowest BCUT2D eigenvalue weighted by atomic mass is 9.89. The van der Waals surface area contributed by atoms with Crippen molar-refractivity contribution in [2.45, 2.75) is 76.4 Å². The highest BCUT2D eigenvalue weighted by Gasteiger charge is 2.39. The van der Waals surface area contributed by atoms with Gasteiger partial charge < -0.3 is 20.4 Å². The molecule has 4 atom stereocenters. The second kappa shape index (κ2) is 13.6. The van der Waals surface area contributed by atoms with Crippen molar-refractivity contribution in [3.8, 4) is 0 Å². The standard InChI is InChI=1S/C20H36O4/c21-14-10-6-2-1-4-8-12-17-18(20(24)16-19(17)23)13-9-5-3-7-11-15-22/h5,8-9,12,17-24H,1-4,6-7,10-11,13-16H2/b9-5-,12-8+/t17-,18?,19-,20+/m0/s1. The zero-order valence-corrected chi connectivity index (χ0v) is 14.9. The van der Waals surface area contributed by atoms with Crippen LogP contribution in [-0.4, -0.2) is 45.8 Å². The minimum absolute atomic E-state index is 0.0412. The molecular weight excluding hydrogens is 304 g/mol. The van der Waals surface area contributed by atoms with Gasteiger partial charge in [0.05, 0.1) is 12.2 Å². The molecule has 4 nitrogen and oxygen atoms in total. The molecule has 0 aliphatic heterocycles. The molecule has 0 heterocycles. The summed E-state index contributed by atoms with van der Waals surface area (Å²) >= 11 is 0. The van der Waals surface area contributed by atoms with E-state index in [0.29, 0.717) is 6.42 Å². The van der Waals surface area contributed by atoms with Crippen LogP contribution in [0.1, 0.15) is 64.2 Å². The van der Waals surface area contributed by atoms with E-state index in [1.54, 1.807) is 0 Å². The number of allylic oxidation sites excluding steroid dienone is 3. The lowest BCUT2D eigenvalue weighted by Crippen LogP contribution is -2.19. The fraction of sp³-hybridized carbons (Fsp3) is 0.800. The highest BCUT2D eigenvalue weighted by molar-refractivity contribution is 5.04. The van der Waals surface area contributed by atoms with Crippen LogP contribution < -0.4 is 0 Å². The number of rotatable bonds is 13. The van der Waals surface area contributed by atoms with Gasteiger partial charge in [0.1, 0.15) is 0 Å². The fourth-order valence-corrected chi connectivity index (χ4v) is 3.43. The van der Waals surface area contributed by atoms with Gasteiger partial charge in [-0.1, -0.05) is 37.1 Å². The maximum Gasteiger partial charge on any atom is 0.0631 e. The van der Waals surface area contributed by atoms with Crippen molar-refractivity contribution in [2.24, 2.45) is 11.8 Å². The number of aliphatic hydroxyl groups excluding tert-OH is 4. The molecule has 0 aromatic heterocycles. The van der Waals surface area contributed by atoms with Crippen LogP contribution >= 0.6 is 0 Å². The van der Waals surface area contributed by atoms with Crippen molar-refractivity contribution >= 4 is 0 Å². The Morgan fingerprint density at radius 2 is 1.33 bits per heavy atom. The van der Waals surface area contributed by atoms with Crippen LogP contribution in [0.5, 0.6) is 0 Å². The molecule has 4 heteroatoms. The van der Waals surface area contributed by atoms with Crippen molar-refractivity contribution in [3.05, 3.63) is 24.3 Å². The predicted octanol–water partition coefficient (Wildman–Crippen LogP) is 2.95. The third-order valence-electron chi connectivity index (χ3n) is 4.91. The maximum atomic E-state index is 10.2. The van der Waals surface area contributed by atoms with Gasteiger partial charge in [-0.15, -0.1) is 0 Å². The summed E-state index contributed by atoms with van der Waals surface area (Å²) in [4.78, 5) is 0. The van der Waals surface area contributed by atoms with Gasteiger partial charge in [0.2, 0.25) is 0 Å². The average molecular weight is 341 g/mol. The van der Waals surface area contributed by atoms with Gasteiger partial charge in [-0.2, -0.15) is 0 Å². The Bertz CT molecular complexity index is 354. The highest BCUT2D eigenvalue weighted by atomic mass is 16.3.